The fourth-order valence-corrected chi connectivity index (χ4v) is 4.01. The normalized spacial score (nSPS) is 20.7. The molecule has 0 aromatic rings. The maximum Gasteiger partial charge on any atom is 0.212 e. The Hall–Kier alpha value is -0.120. The summed E-state index contributed by atoms with van der Waals surface area (Å²) in [6.07, 6.45) is 24.0. The quantitative estimate of drug-likeness (QED) is 0.200. The zero-order chi connectivity index (χ0) is 18.9. The van der Waals surface area contributed by atoms with Gasteiger partial charge in [0.15, 0.2) is 11.8 Å². The van der Waals surface area contributed by atoms with E-state index in [0.717, 1.165) is 25.9 Å². The molecule has 2 atom stereocenters. The maximum absolute atomic E-state index is 10.2. The molecule has 2 unspecified atom stereocenters. The molecule has 4 heteroatoms. The lowest BCUT2D eigenvalue weighted by atomic mass is 10.0. The third kappa shape index (κ3) is 11.6. The van der Waals surface area contributed by atoms with E-state index < -0.39 is 6.23 Å². The zero-order valence-corrected chi connectivity index (χ0v) is 18.1. The molecule has 0 aromatic heterocycles. The van der Waals surface area contributed by atoms with E-state index in [9.17, 15) is 5.11 Å². The monoisotopic (exact) mass is 387 g/mol. The molecule has 0 aliphatic carbocycles. The van der Waals surface area contributed by atoms with Crippen molar-refractivity contribution in [2.24, 2.45) is 4.99 Å². The van der Waals surface area contributed by atoms with Crippen molar-refractivity contribution in [2.75, 3.05) is 13.1 Å². The van der Waals surface area contributed by atoms with Crippen LogP contribution in [-0.4, -0.2) is 34.8 Å². The molecule has 0 aromatic carbocycles. The summed E-state index contributed by atoms with van der Waals surface area (Å²) >= 11 is 6.33. The molecule has 0 bridgehead atoms. The molecule has 0 saturated carbocycles. The number of rotatable bonds is 18. The topological polar surface area (TPSA) is 32.6 Å². The molecule has 3 nitrogen and oxygen atoms in total. The first kappa shape index (κ1) is 23.9. The largest absolute Gasteiger partial charge is 0.343 e. The lowest BCUT2D eigenvalue weighted by Crippen LogP contribution is -2.44. The second kappa shape index (κ2) is 15.9. The van der Waals surface area contributed by atoms with Crippen molar-refractivity contribution in [2.45, 2.75) is 122 Å². The van der Waals surface area contributed by atoms with Crippen LogP contribution in [0.25, 0.3) is 0 Å². The van der Waals surface area contributed by atoms with E-state index in [-0.39, 0.29) is 4.00 Å². The van der Waals surface area contributed by atoms with Gasteiger partial charge >= 0.3 is 0 Å². The number of hydrogen-bond acceptors (Lipinski definition) is 2. The predicted molar refractivity (Wildman–Crippen MR) is 115 cm³/mol. The molecule has 1 rings (SSSR count). The van der Waals surface area contributed by atoms with Crippen molar-refractivity contribution in [1.29, 1.82) is 0 Å². The van der Waals surface area contributed by atoms with Crippen LogP contribution in [0.2, 0.25) is 0 Å². The van der Waals surface area contributed by atoms with Crippen LogP contribution in [0.5, 0.6) is 0 Å². The van der Waals surface area contributed by atoms with E-state index in [1.807, 2.05) is 0 Å². The van der Waals surface area contributed by atoms with E-state index in [1.165, 1.54) is 96.3 Å². The number of aliphatic hydroxyl groups excluding tert-OH is 1. The highest BCUT2D eigenvalue weighted by molar-refractivity contribution is 6.10. The smallest absolute Gasteiger partial charge is 0.212 e. The summed E-state index contributed by atoms with van der Waals surface area (Å²) in [5.74, 6) is 0. The molecule has 154 valence electrons. The van der Waals surface area contributed by atoms with Gasteiger partial charge in [-0.25, -0.2) is 4.99 Å². The van der Waals surface area contributed by atoms with Crippen molar-refractivity contribution in [3.05, 3.63) is 0 Å². The van der Waals surface area contributed by atoms with Crippen molar-refractivity contribution in [1.82, 2.24) is 0 Å². The highest BCUT2D eigenvalue weighted by atomic mass is 35.5. The summed E-state index contributed by atoms with van der Waals surface area (Å²) in [6, 6.07) is 0. The summed E-state index contributed by atoms with van der Waals surface area (Å²) in [7, 11) is 0. The van der Waals surface area contributed by atoms with Crippen LogP contribution in [0.3, 0.4) is 0 Å². The average Bonchev–Trinajstić information content (AvgIpc) is 3.09. The number of unbranched alkanes of at least 4 members (excludes halogenated alkanes) is 15. The van der Waals surface area contributed by atoms with Gasteiger partial charge in [-0.2, -0.15) is 4.00 Å². The second-order valence-electron chi connectivity index (χ2n) is 8.15. The number of aliphatic imine (C=N–C) groups is 1. The van der Waals surface area contributed by atoms with E-state index in [2.05, 4.69) is 11.9 Å². The molecule has 0 radical (unpaired) electrons. The van der Waals surface area contributed by atoms with Crippen molar-refractivity contribution >= 4 is 18.1 Å². The molecule has 26 heavy (non-hydrogen) atoms. The first-order valence-corrected chi connectivity index (χ1v) is 11.8. The minimum Gasteiger partial charge on any atom is -0.343 e. The number of halogens is 1. The summed E-state index contributed by atoms with van der Waals surface area (Å²) < 4.78 is 0.0960. The van der Waals surface area contributed by atoms with Gasteiger partial charge in [-0.05, 0) is 6.42 Å². The standard InChI is InChI=1S/C22H44ClN2O/c1-2-3-4-5-6-7-8-9-10-11-12-13-14-15-16-17-18-22(26)25(23)20-19-24-21-25/h21-22,26H,2-20H2,1H3/q+1. The van der Waals surface area contributed by atoms with Crippen molar-refractivity contribution < 1.29 is 9.11 Å². The van der Waals surface area contributed by atoms with Crippen LogP contribution >= 0.6 is 11.8 Å². The van der Waals surface area contributed by atoms with E-state index >= 15 is 0 Å². The fraction of sp³-hybridized carbons (Fsp3) is 0.955. The molecule has 0 fully saturated rings. The summed E-state index contributed by atoms with van der Waals surface area (Å²) in [5, 5.41) is 10.2. The Morgan fingerprint density at radius 3 is 1.62 bits per heavy atom. The lowest BCUT2D eigenvalue weighted by molar-refractivity contribution is -0.767. The minimum absolute atomic E-state index is 0.0960. The molecular weight excluding hydrogens is 344 g/mol. The molecule has 0 spiro atoms. The SMILES string of the molecule is CCCCCCCCCCCCCCCCCCC(O)[N+]1(Cl)C=NCC1. The second-order valence-corrected chi connectivity index (χ2v) is 8.78. The number of aliphatic hydroxyl groups is 1. The number of nitrogens with zero attached hydrogens (tertiary/aromatic N) is 2. The Balaban J connectivity index is 1.75. The third-order valence-electron chi connectivity index (χ3n) is 5.66. The first-order chi connectivity index (χ1) is 12.7. The van der Waals surface area contributed by atoms with Gasteiger partial charge in [0.25, 0.3) is 0 Å². The van der Waals surface area contributed by atoms with E-state index in [0.29, 0.717) is 0 Å². The fourth-order valence-electron chi connectivity index (χ4n) is 3.78. The summed E-state index contributed by atoms with van der Waals surface area (Å²) in [6.45, 7) is 3.74. The van der Waals surface area contributed by atoms with Gasteiger partial charge in [-0.3, -0.25) is 0 Å². The van der Waals surface area contributed by atoms with Gasteiger partial charge in [0.05, 0.1) is 6.54 Å². The molecular formula is C22H44ClN2O+. The minimum atomic E-state index is -0.491. The molecule has 1 aliphatic heterocycles. The van der Waals surface area contributed by atoms with Crippen LogP contribution in [0.15, 0.2) is 4.99 Å². The van der Waals surface area contributed by atoms with Crippen LogP contribution in [-0.2, 0) is 0 Å². The Morgan fingerprint density at radius 1 is 0.808 bits per heavy atom. The Kier molecular flexibility index (Phi) is 14.6. The number of hydrogen-bond donors (Lipinski definition) is 1. The molecule has 1 heterocycles. The van der Waals surface area contributed by atoms with Gasteiger partial charge < -0.3 is 5.11 Å². The molecule has 1 aliphatic rings. The maximum atomic E-state index is 10.2. The van der Waals surface area contributed by atoms with Gasteiger partial charge in [-0.1, -0.05) is 103 Å². The Labute approximate surface area is 167 Å². The Bertz CT molecular complexity index is 351. The first-order valence-electron chi connectivity index (χ1n) is 11.4. The van der Waals surface area contributed by atoms with Gasteiger partial charge in [-0.15, -0.1) is 0 Å². The molecule has 1 N–H and O–H groups in total. The number of quaternary nitrogens is 1. The summed E-state index contributed by atoms with van der Waals surface area (Å²) in [5.41, 5.74) is 0. The molecule has 0 saturated heterocycles. The lowest BCUT2D eigenvalue weighted by Gasteiger charge is -2.25. The van der Waals surface area contributed by atoms with E-state index in [4.69, 9.17) is 11.8 Å². The average molecular weight is 388 g/mol. The van der Waals surface area contributed by atoms with Crippen LogP contribution in [0, 0.1) is 0 Å². The van der Waals surface area contributed by atoms with Crippen molar-refractivity contribution in [3.63, 3.8) is 0 Å². The summed E-state index contributed by atoms with van der Waals surface area (Å²) in [4.78, 5) is 4.14. The van der Waals surface area contributed by atoms with E-state index in [1.54, 1.807) is 6.34 Å². The third-order valence-corrected chi connectivity index (χ3v) is 6.14. The van der Waals surface area contributed by atoms with Crippen molar-refractivity contribution in [3.8, 4) is 0 Å². The molecule has 0 amide bonds. The van der Waals surface area contributed by atoms with Gasteiger partial charge in [0, 0.05) is 6.42 Å². The van der Waals surface area contributed by atoms with Crippen LogP contribution in [0.1, 0.15) is 116 Å². The van der Waals surface area contributed by atoms with Crippen LogP contribution in [0.4, 0.5) is 0 Å². The highest BCUT2D eigenvalue weighted by Gasteiger charge is 2.36. The zero-order valence-electron chi connectivity index (χ0n) is 17.3. The van der Waals surface area contributed by atoms with Gasteiger partial charge in [0.2, 0.25) is 12.6 Å². The highest BCUT2D eigenvalue weighted by Crippen LogP contribution is 2.22. The Morgan fingerprint density at radius 2 is 1.23 bits per heavy atom. The van der Waals surface area contributed by atoms with Gasteiger partial charge in [0.1, 0.15) is 6.54 Å². The van der Waals surface area contributed by atoms with Crippen LogP contribution < -0.4 is 0 Å². The predicted octanol–water partition coefficient (Wildman–Crippen LogP) is 6.97.